The van der Waals surface area contributed by atoms with Crippen LogP contribution in [0.15, 0.2) is 144 Å². The number of aliphatic imine (C=N–C) groups is 2. The Morgan fingerprint density at radius 2 is 0.964 bits per heavy atom. The normalized spacial score (nSPS) is 17.8. The van der Waals surface area contributed by atoms with E-state index in [2.05, 4.69) is 142 Å². The second kappa shape index (κ2) is 11.8. The molecule has 0 unspecified atom stereocenters. The highest BCUT2D eigenvalue weighted by Crippen LogP contribution is 2.64. The number of rotatable bonds is 4. The summed E-state index contributed by atoms with van der Waals surface area (Å²) < 4.78 is 0. The molecule has 2 aliphatic carbocycles. The summed E-state index contributed by atoms with van der Waals surface area (Å²) in [6, 6.07) is 41.4. The summed E-state index contributed by atoms with van der Waals surface area (Å²) in [5.74, 6) is 1.97. The standard InChI is InChI=1S/C49H38N4S2/c1-47(2)27-54-45(52-47)34-20-32(23-50-25-34)29-13-16-36-31(19-29)15-18-40-39-17-14-30(33-21-35(26-51-24-33)46-53-48(3,4)28-55-46)22-43(39)49(44(36)40)41-11-7-5-9-37(41)38-10-6-8-12-42(38)49/h5-26H,27-28H2,1-4H3. The zero-order chi connectivity index (χ0) is 37.1. The Morgan fingerprint density at radius 1 is 0.455 bits per heavy atom. The van der Waals surface area contributed by atoms with Crippen molar-refractivity contribution in [1.82, 2.24) is 9.97 Å². The Kier molecular flexibility index (Phi) is 7.13. The summed E-state index contributed by atoms with van der Waals surface area (Å²) in [5, 5.41) is 4.65. The zero-order valence-electron chi connectivity index (χ0n) is 31.2. The van der Waals surface area contributed by atoms with Gasteiger partial charge < -0.3 is 0 Å². The molecule has 55 heavy (non-hydrogen) atoms. The fourth-order valence-electron chi connectivity index (χ4n) is 9.23. The lowest BCUT2D eigenvalue weighted by molar-refractivity contribution is 0.605. The maximum absolute atomic E-state index is 5.03. The van der Waals surface area contributed by atoms with Crippen LogP contribution in [-0.4, -0.2) is 42.6 Å². The number of nitrogens with zero attached hydrogens (tertiary/aromatic N) is 4. The van der Waals surface area contributed by atoms with Crippen LogP contribution >= 0.6 is 23.5 Å². The van der Waals surface area contributed by atoms with Crippen molar-refractivity contribution in [1.29, 1.82) is 0 Å². The first-order valence-electron chi connectivity index (χ1n) is 19.0. The van der Waals surface area contributed by atoms with E-state index in [9.17, 15) is 0 Å². The molecule has 0 N–H and O–H groups in total. The molecule has 0 saturated carbocycles. The topological polar surface area (TPSA) is 50.5 Å². The number of hydrogen-bond acceptors (Lipinski definition) is 6. The molecule has 4 aliphatic rings. The van der Waals surface area contributed by atoms with Gasteiger partial charge in [0, 0.05) is 58.5 Å². The van der Waals surface area contributed by atoms with E-state index in [1.807, 2.05) is 48.3 Å². The van der Waals surface area contributed by atoms with Gasteiger partial charge in [-0.1, -0.05) is 84.9 Å². The fraction of sp³-hybridized carbons (Fsp3) is 0.184. The van der Waals surface area contributed by atoms with Gasteiger partial charge in [0.2, 0.25) is 0 Å². The van der Waals surface area contributed by atoms with Gasteiger partial charge in [0.1, 0.15) is 0 Å². The number of thioether (sulfide) groups is 2. The van der Waals surface area contributed by atoms with Crippen LogP contribution in [0.25, 0.3) is 55.3 Å². The molecule has 0 bridgehead atoms. The van der Waals surface area contributed by atoms with Gasteiger partial charge in [-0.15, -0.1) is 23.5 Å². The molecule has 2 aromatic heterocycles. The molecule has 6 heteroatoms. The molecule has 0 fully saturated rings. The number of aromatic nitrogens is 2. The van der Waals surface area contributed by atoms with Crippen LogP contribution < -0.4 is 0 Å². The molecule has 11 rings (SSSR count). The molecule has 1 spiro atoms. The monoisotopic (exact) mass is 746 g/mol. The third-order valence-electron chi connectivity index (χ3n) is 11.6. The van der Waals surface area contributed by atoms with Crippen LogP contribution in [-0.2, 0) is 5.41 Å². The highest BCUT2D eigenvalue weighted by atomic mass is 32.2. The Bertz CT molecular complexity index is 2800. The lowest BCUT2D eigenvalue weighted by Gasteiger charge is -2.31. The Morgan fingerprint density at radius 3 is 1.55 bits per heavy atom. The van der Waals surface area contributed by atoms with E-state index in [0.717, 1.165) is 55.0 Å². The van der Waals surface area contributed by atoms with Crippen molar-refractivity contribution >= 4 is 44.4 Å². The summed E-state index contributed by atoms with van der Waals surface area (Å²) in [5.41, 5.74) is 16.7. The highest BCUT2D eigenvalue weighted by molar-refractivity contribution is 8.15. The SMILES string of the molecule is CC1(C)CSC(c2cncc(-c3ccc4c(c3)C3(c5ccccc5-c5ccccc53)c3c-4ccc4cc(-c5cncc(C6=NC(C)(C)CS6)c5)ccc34)c2)=N1. The van der Waals surface area contributed by atoms with E-state index in [1.165, 1.54) is 55.3 Å². The van der Waals surface area contributed by atoms with Gasteiger partial charge in [-0.25, -0.2) is 0 Å². The van der Waals surface area contributed by atoms with Gasteiger partial charge in [-0.3, -0.25) is 20.0 Å². The summed E-state index contributed by atoms with van der Waals surface area (Å²) in [6.07, 6.45) is 7.89. The summed E-state index contributed by atoms with van der Waals surface area (Å²) in [4.78, 5) is 19.5. The Labute approximate surface area is 330 Å². The first-order valence-corrected chi connectivity index (χ1v) is 20.9. The molecular formula is C49H38N4S2. The molecule has 5 aromatic carbocycles. The van der Waals surface area contributed by atoms with Gasteiger partial charge in [0.25, 0.3) is 0 Å². The summed E-state index contributed by atoms with van der Waals surface area (Å²) >= 11 is 3.65. The summed E-state index contributed by atoms with van der Waals surface area (Å²) in [6.45, 7) is 8.79. The zero-order valence-corrected chi connectivity index (χ0v) is 32.9. The van der Waals surface area contributed by atoms with Crippen molar-refractivity contribution in [3.8, 4) is 44.5 Å². The van der Waals surface area contributed by atoms with Crippen LogP contribution in [0.2, 0.25) is 0 Å². The second-order valence-electron chi connectivity index (χ2n) is 16.5. The van der Waals surface area contributed by atoms with Crippen LogP contribution in [0.3, 0.4) is 0 Å². The van der Waals surface area contributed by atoms with E-state index in [0.29, 0.717) is 0 Å². The van der Waals surface area contributed by atoms with Crippen molar-refractivity contribution < 1.29 is 0 Å². The molecule has 2 aliphatic heterocycles. The van der Waals surface area contributed by atoms with Crippen LogP contribution in [0.4, 0.5) is 0 Å². The predicted molar refractivity (Wildman–Crippen MR) is 233 cm³/mol. The van der Waals surface area contributed by atoms with E-state index in [-0.39, 0.29) is 11.1 Å². The molecule has 0 saturated heterocycles. The van der Waals surface area contributed by atoms with Gasteiger partial charge in [0.15, 0.2) is 0 Å². The molecule has 7 aromatic rings. The number of fused-ring (bicyclic) bond motifs is 12. The van der Waals surface area contributed by atoms with E-state index >= 15 is 0 Å². The maximum Gasteiger partial charge on any atom is 0.1000 e. The van der Waals surface area contributed by atoms with E-state index in [4.69, 9.17) is 15.0 Å². The lowest BCUT2D eigenvalue weighted by atomic mass is 9.69. The number of pyridine rings is 2. The van der Waals surface area contributed by atoms with Crippen LogP contribution in [0.5, 0.6) is 0 Å². The Balaban J connectivity index is 1.11. The third kappa shape index (κ3) is 5.00. The van der Waals surface area contributed by atoms with Crippen molar-refractivity contribution in [2.75, 3.05) is 11.5 Å². The van der Waals surface area contributed by atoms with Crippen molar-refractivity contribution in [2.24, 2.45) is 9.98 Å². The Hall–Kier alpha value is -5.30. The third-order valence-corrected chi connectivity index (χ3v) is 14.5. The molecule has 4 heterocycles. The van der Waals surface area contributed by atoms with Crippen molar-refractivity contribution in [2.45, 2.75) is 44.2 Å². The fourth-order valence-corrected chi connectivity index (χ4v) is 11.5. The highest BCUT2D eigenvalue weighted by Gasteiger charge is 2.52. The average Bonchev–Trinajstić information content (AvgIpc) is 3.94. The maximum atomic E-state index is 5.03. The smallest absolute Gasteiger partial charge is 0.1000 e. The minimum atomic E-state index is -0.485. The molecule has 0 amide bonds. The molecule has 266 valence electrons. The van der Waals surface area contributed by atoms with Gasteiger partial charge >= 0.3 is 0 Å². The number of benzene rings is 5. The quantitative estimate of drug-likeness (QED) is 0.180. The van der Waals surface area contributed by atoms with Gasteiger partial charge in [0.05, 0.1) is 26.6 Å². The van der Waals surface area contributed by atoms with E-state index < -0.39 is 5.41 Å². The predicted octanol–water partition coefficient (Wildman–Crippen LogP) is 11.9. The van der Waals surface area contributed by atoms with Crippen LogP contribution in [0, 0.1) is 0 Å². The molecule has 0 radical (unpaired) electrons. The lowest BCUT2D eigenvalue weighted by Crippen LogP contribution is -2.26. The average molecular weight is 747 g/mol. The largest absolute Gasteiger partial charge is 0.271 e. The minimum absolute atomic E-state index is 0.0482. The van der Waals surface area contributed by atoms with Gasteiger partial charge in [-0.05, 0) is 118 Å². The molecular weight excluding hydrogens is 709 g/mol. The molecule has 4 nitrogen and oxygen atoms in total. The first-order chi connectivity index (χ1) is 26.7. The second-order valence-corrected chi connectivity index (χ2v) is 18.4. The molecule has 0 atom stereocenters. The van der Waals surface area contributed by atoms with E-state index in [1.54, 1.807) is 0 Å². The van der Waals surface area contributed by atoms with Crippen molar-refractivity contribution in [3.05, 3.63) is 167 Å². The van der Waals surface area contributed by atoms with Crippen molar-refractivity contribution in [3.63, 3.8) is 0 Å². The summed E-state index contributed by atoms with van der Waals surface area (Å²) in [7, 11) is 0. The number of hydrogen-bond donors (Lipinski definition) is 0. The first kappa shape index (κ1) is 33.1. The van der Waals surface area contributed by atoms with Crippen LogP contribution in [0.1, 0.15) is 61.1 Å². The minimum Gasteiger partial charge on any atom is -0.271 e. The van der Waals surface area contributed by atoms with Gasteiger partial charge in [-0.2, -0.15) is 0 Å².